The van der Waals surface area contributed by atoms with Crippen molar-refractivity contribution in [2.45, 2.75) is 42.7 Å². The van der Waals surface area contributed by atoms with Crippen LogP contribution in [-0.4, -0.2) is 30.5 Å². The molecule has 3 rings (SSSR count). The van der Waals surface area contributed by atoms with Gasteiger partial charge in [-0.2, -0.15) is 0 Å². The molecule has 1 aliphatic carbocycles. The van der Waals surface area contributed by atoms with Crippen LogP contribution in [0.4, 0.5) is 13.2 Å². The van der Waals surface area contributed by atoms with Gasteiger partial charge < -0.3 is 4.74 Å². The highest BCUT2D eigenvalue weighted by atomic mass is 32.2. The van der Waals surface area contributed by atoms with E-state index >= 15 is 0 Å². The quantitative estimate of drug-likeness (QED) is 0.853. The van der Waals surface area contributed by atoms with Crippen LogP contribution >= 0.6 is 0 Å². The van der Waals surface area contributed by atoms with Gasteiger partial charge in [-0.15, -0.1) is 0 Å². The van der Waals surface area contributed by atoms with Crippen molar-refractivity contribution >= 4 is 10.0 Å². The van der Waals surface area contributed by atoms with Crippen molar-refractivity contribution in [1.29, 1.82) is 0 Å². The molecule has 2 aromatic rings. The van der Waals surface area contributed by atoms with Gasteiger partial charge in [0.2, 0.25) is 10.0 Å². The van der Waals surface area contributed by atoms with Crippen LogP contribution in [0.25, 0.3) is 0 Å². The van der Waals surface area contributed by atoms with Crippen LogP contribution in [0.15, 0.2) is 35.5 Å². The summed E-state index contributed by atoms with van der Waals surface area (Å²) >= 11 is 0. The minimum atomic E-state index is -4.02. The zero-order chi connectivity index (χ0) is 18.7. The lowest BCUT2D eigenvalue weighted by Crippen LogP contribution is -2.39. The lowest BCUT2D eigenvalue weighted by molar-refractivity contribution is 0.132. The molecule has 1 N–H and O–H groups in total. The van der Waals surface area contributed by atoms with Crippen LogP contribution in [0.2, 0.25) is 0 Å². The van der Waals surface area contributed by atoms with Gasteiger partial charge in [0.1, 0.15) is 17.7 Å². The zero-order valence-corrected chi connectivity index (χ0v) is 14.3. The maximum atomic E-state index is 13.2. The number of rotatable bonds is 5. The van der Waals surface area contributed by atoms with Crippen LogP contribution < -0.4 is 9.46 Å². The zero-order valence-electron chi connectivity index (χ0n) is 13.5. The Morgan fingerprint density at radius 3 is 2.08 bits per heavy atom. The number of nitrogens with one attached hydrogen (secondary N) is 1. The Morgan fingerprint density at radius 1 is 0.923 bits per heavy atom. The molecule has 1 heterocycles. The average Bonchev–Trinajstić information content (AvgIpc) is 2.58. The fourth-order valence-electron chi connectivity index (χ4n) is 2.78. The van der Waals surface area contributed by atoms with Crippen LogP contribution in [0.5, 0.6) is 6.01 Å². The normalized spacial score (nSPS) is 20.7. The lowest BCUT2D eigenvalue weighted by Gasteiger charge is -2.28. The number of hydrogen-bond donors (Lipinski definition) is 1. The Hall–Kier alpha value is -2.20. The minimum absolute atomic E-state index is 0.0608. The molecule has 0 bridgehead atoms. The van der Waals surface area contributed by atoms with E-state index in [0.29, 0.717) is 31.7 Å². The third kappa shape index (κ3) is 4.70. The van der Waals surface area contributed by atoms with E-state index in [4.69, 9.17) is 4.74 Å². The Bertz CT molecular complexity index is 850. The molecule has 6 nitrogen and oxygen atoms in total. The maximum absolute atomic E-state index is 13.2. The first-order chi connectivity index (χ1) is 12.3. The van der Waals surface area contributed by atoms with Crippen molar-refractivity contribution in [2.75, 3.05) is 0 Å². The van der Waals surface area contributed by atoms with Gasteiger partial charge in [-0.25, -0.2) is 36.3 Å². The Morgan fingerprint density at radius 2 is 1.50 bits per heavy atom. The molecule has 0 amide bonds. The summed E-state index contributed by atoms with van der Waals surface area (Å²) in [6.45, 7) is 0. The van der Waals surface area contributed by atoms with Crippen molar-refractivity contribution in [3.05, 3.63) is 48.0 Å². The molecule has 0 aliphatic heterocycles. The van der Waals surface area contributed by atoms with Crippen molar-refractivity contribution in [3.63, 3.8) is 0 Å². The SMILES string of the molecule is O=S(=O)(NC1CCC(Oc2ncc(F)cn2)CC1)c1cc(F)cc(F)c1. The fraction of sp³-hybridized carbons (Fsp3) is 0.375. The number of nitrogens with zero attached hydrogens (tertiary/aromatic N) is 2. The number of ether oxygens (including phenoxy) is 1. The minimum Gasteiger partial charge on any atom is -0.460 e. The number of aromatic nitrogens is 2. The van der Waals surface area contributed by atoms with Crippen molar-refractivity contribution in [1.82, 2.24) is 14.7 Å². The second-order valence-corrected chi connectivity index (χ2v) is 7.72. The summed E-state index contributed by atoms with van der Waals surface area (Å²) in [6, 6.07) is 1.84. The Labute approximate surface area is 148 Å². The largest absolute Gasteiger partial charge is 0.460 e. The number of benzene rings is 1. The summed E-state index contributed by atoms with van der Waals surface area (Å²) in [5.41, 5.74) is 0. The number of sulfonamides is 1. The topological polar surface area (TPSA) is 81.2 Å². The second kappa shape index (κ2) is 7.58. The van der Waals surface area contributed by atoms with Gasteiger partial charge in [-0.05, 0) is 37.8 Å². The Kier molecular flexibility index (Phi) is 5.42. The van der Waals surface area contributed by atoms with E-state index in [1.165, 1.54) is 0 Å². The molecule has 0 saturated heterocycles. The number of halogens is 3. The van der Waals surface area contributed by atoms with E-state index in [0.717, 1.165) is 24.5 Å². The summed E-state index contributed by atoms with van der Waals surface area (Å²) in [4.78, 5) is 6.98. The molecule has 140 valence electrons. The molecule has 1 aromatic carbocycles. The van der Waals surface area contributed by atoms with E-state index in [9.17, 15) is 21.6 Å². The highest BCUT2D eigenvalue weighted by Gasteiger charge is 2.27. The molecule has 0 spiro atoms. The standard InChI is InChI=1S/C16H16F3N3O3S/c17-10-5-11(18)7-15(6-10)26(23,24)22-13-1-3-14(4-2-13)25-16-20-8-12(19)9-21-16/h5-9,13-14,22H,1-4H2. The van der Waals surface area contributed by atoms with E-state index in [1.807, 2.05) is 0 Å². The molecule has 0 unspecified atom stereocenters. The molecule has 10 heteroatoms. The smallest absolute Gasteiger partial charge is 0.316 e. The van der Waals surface area contributed by atoms with Crippen LogP contribution in [-0.2, 0) is 10.0 Å². The van der Waals surface area contributed by atoms with E-state index in [-0.39, 0.29) is 18.2 Å². The summed E-state index contributed by atoms with van der Waals surface area (Å²) in [5, 5.41) is 0. The van der Waals surface area contributed by atoms with Gasteiger partial charge in [0.15, 0.2) is 5.82 Å². The third-order valence-corrected chi connectivity index (χ3v) is 5.51. The number of hydrogen-bond acceptors (Lipinski definition) is 5. The monoisotopic (exact) mass is 387 g/mol. The molecule has 1 aromatic heterocycles. The molecule has 26 heavy (non-hydrogen) atoms. The second-order valence-electron chi connectivity index (χ2n) is 6.00. The predicted octanol–water partition coefficient (Wildman–Crippen LogP) is 2.56. The van der Waals surface area contributed by atoms with Crippen molar-refractivity contribution in [2.24, 2.45) is 0 Å². The molecule has 0 radical (unpaired) electrons. The van der Waals surface area contributed by atoms with Crippen LogP contribution in [0.3, 0.4) is 0 Å². The maximum Gasteiger partial charge on any atom is 0.316 e. The van der Waals surface area contributed by atoms with Crippen molar-refractivity contribution < 1.29 is 26.3 Å². The van der Waals surface area contributed by atoms with Gasteiger partial charge in [-0.3, -0.25) is 0 Å². The third-order valence-electron chi connectivity index (χ3n) is 4.01. The van der Waals surface area contributed by atoms with Gasteiger partial charge in [-0.1, -0.05) is 0 Å². The average molecular weight is 387 g/mol. The highest BCUT2D eigenvalue weighted by molar-refractivity contribution is 7.89. The first-order valence-corrected chi connectivity index (χ1v) is 9.43. The van der Waals surface area contributed by atoms with Gasteiger partial charge in [0.25, 0.3) is 0 Å². The molecule has 1 aliphatic rings. The first-order valence-electron chi connectivity index (χ1n) is 7.94. The summed E-state index contributed by atoms with van der Waals surface area (Å²) in [7, 11) is -4.02. The van der Waals surface area contributed by atoms with Gasteiger partial charge in [0.05, 0.1) is 17.3 Å². The first kappa shape index (κ1) is 18.6. The molecular weight excluding hydrogens is 371 g/mol. The molecule has 1 fully saturated rings. The molecular formula is C16H16F3N3O3S. The fourth-order valence-corrected chi connectivity index (χ4v) is 4.13. The van der Waals surface area contributed by atoms with Crippen LogP contribution in [0.1, 0.15) is 25.7 Å². The molecule has 1 saturated carbocycles. The van der Waals surface area contributed by atoms with E-state index in [2.05, 4.69) is 14.7 Å². The van der Waals surface area contributed by atoms with Crippen molar-refractivity contribution in [3.8, 4) is 6.01 Å². The summed E-state index contributed by atoms with van der Waals surface area (Å²) in [6.07, 6.45) is 3.80. The van der Waals surface area contributed by atoms with Crippen LogP contribution in [0, 0.1) is 17.5 Å². The summed E-state index contributed by atoms with van der Waals surface area (Å²) < 4.78 is 71.8. The lowest BCUT2D eigenvalue weighted by atomic mass is 9.94. The van der Waals surface area contributed by atoms with Gasteiger partial charge >= 0.3 is 6.01 Å². The predicted molar refractivity (Wildman–Crippen MR) is 85.3 cm³/mol. The van der Waals surface area contributed by atoms with E-state index < -0.39 is 32.4 Å². The Balaban J connectivity index is 1.57. The van der Waals surface area contributed by atoms with E-state index in [1.54, 1.807) is 0 Å². The highest BCUT2D eigenvalue weighted by Crippen LogP contribution is 2.24. The molecule has 0 atom stereocenters. The summed E-state index contributed by atoms with van der Waals surface area (Å²) in [5.74, 6) is -2.48. The van der Waals surface area contributed by atoms with Gasteiger partial charge in [0, 0.05) is 12.1 Å².